The Morgan fingerprint density at radius 3 is 2.76 bits per heavy atom. The number of aromatic nitrogens is 2. The van der Waals surface area contributed by atoms with Crippen molar-refractivity contribution in [3.63, 3.8) is 0 Å². The van der Waals surface area contributed by atoms with E-state index in [1.165, 1.54) is 19.4 Å². The number of amides is 1. The van der Waals surface area contributed by atoms with E-state index in [-0.39, 0.29) is 54.4 Å². The summed E-state index contributed by atoms with van der Waals surface area (Å²) in [6, 6.07) is 3.27. The van der Waals surface area contributed by atoms with Crippen molar-refractivity contribution in [3.05, 3.63) is 47.2 Å². The summed E-state index contributed by atoms with van der Waals surface area (Å²) < 4.78 is 57.7. The monoisotopic (exact) mass is 489 g/mol. The Hall–Kier alpha value is -2.96. The maximum atomic E-state index is 14.5. The summed E-state index contributed by atoms with van der Waals surface area (Å²) in [7, 11) is 1.53. The molecular weight excluding hydrogens is 467 g/mol. The van der Waals surface area contributed by atoms with Gasteiger partial charge in [-0.05, 0) is 25.1 Å². The van der Waals surface area contributed by atoms with Crippen molar-refractivity contribution in [1.82, 2.24) is 9.97 Å². The van der Waals surface area contributed by atoms with Gasteiger partial charge in [0.05, 0.1) is 25.1 Å². The molecule has 0 unspecified atom stereocenters. The van der Waals surface area contributed by atoms with E-state index >= 15 is 0 Å². The molecule has 0 fully saturated rings. The molecule has 1 aliphatic rings. The van der Waals surface area contributed by atoms with Gasteiger partial charge in [-0.15, -0.1) is 12.4 Å². The van der Waals surface area contributed by atoms with E-state index in [9.17, 15) is 18.0 Å². The lowest BCUT2D eigenvalue weighted by molar-refractivity contribution is -0.0145. The first-order valence-electron chi connectivity index (χ1n) is 9.53. The number of amidine groups is 1. The van der Waals surface area contributed by atoms with Gasteiger partial charge in [-0.3, -0.25) is 9.79 Å². The van der Waals surface area contributed by atoms with Crippen LogP contribution < -0.4 is 15.8 Å². The number of ether oxygens (including phenoxy) is 3. The molecule has 1 amide bonds. The molecule has 33 heavy (non-hydrogen) atoms. The highest BCUT2D eigenvalue weighted by molar-refractivity contribution is 6.03. The Labute approximate surface area is 194 Å². The number of methoxy groups -OCH3 is 1. The van der Waals surface area contributed by atoms with Gasteiger partial charge in [-0.2, -0.15) is 0 Å². The quantitative estimate of drug-likeness (QED) is 0.546. The van der Waals surface area contributed by atoms with Crippen LogP contribution in [0.2, 0.25) is 0 Å². The average molecular weight is 490 g/mol. The predicted molar refractivity (Wildman–Crippen MR) is 116 cm³/mol. The zero-order valence-electron chi connectivity index (χ0n) is 17.8. The second-order valence-electron chi connectivity index (χ2n) is 6.95. The molecule has 0 bridgehead atoms. The third-order valence-electron chi connectivity index (χ3n) is 4.64. The second-order valence-corrected chi connectivity index (χ2v) is 6.95. The van der Waals surface area contributed by atoms with Crippen molar-refractivity contribution in [2.45, 2.75) is 18.9 Å². The first-order valence-corrected chi connectivity index (χ1v) is 9.53. The summed E-state index contributed by atoms with van der Waals surface area (Å²) in [5.41, 5.74) is 3.13. The van der Waals surface area contributed by atoms with E-state index < -0.39 is 35.9 Å². The molecule has 9 nitrogen and oxygen atoms in total. The fourth-order valence-electron chi connectivity index (χ4n) is 3.11. The number of carbonyl (C=O) groups excluding carboxylic acids is 1. The summed E-state index contributed by atoms with van der Waals surface area (Å²) >= 11 is 0. The molecule has 1 aromatic carbocycles. The van der Waals surface area contributed by atoms with Gasteiger partial charge in [-0.1, -0.05) is 0 Å². The first kappa shape index (κ1) is 26.3. The summed E-state index contributed by atoms with van der Waals surface area (Å²) in [5.74, 6) is -1.56. The smallest absolute Gasteiger partial charge is 0.276 e. The molecule has 0 spiro atoms. The fraction of sp³-hybridized carbons (Fsp3) is 0.400. The van der Waals surface area contributed by atoms with Crippen molar-refractivity contribution in [1.29, 1.82) is 0 Å². The number of aliphatic imine (C=N–C) groups is 1. The molecule has 1 atom stereocenters. The van der Waals surface area contributed by atoms with E-state index in [0.717, 1.165) is 12.1 Å². The molecule has 0 saturated carbocycles. The topological polar surface area (TPSA) is 121 Å². The van der Waals surface area contributed by atoms with Crippen LogP contribution in [0.3, 0.4) is 0 Å². The number of halogens is 4. The van der Waals surface area contributed by atoms with Gasteiger partial charge in [0, 0.05) is 18.4 Å². The maximum Gasteiger partial charge on any atom is 0.276 e. The Morgan fingerprint density at radius 1 is 1.36 bits per heavy atom. The zero-order chi connectivity index (χ0) is 23.3. The molecule has 2 heterocycles. The van der Waals surface area contributed by atoms with Gasteiger partial charge in [0.25, 0.3) is 12.3 Å². The lowest BCUT2D eigenvalue weighted by Gasteiger charge is -2.33. The van der Waals surface area contributed by atoms with Gasteiger partial charge in [0.2, 0.25) is 5.88 Å². The van der Waals surface area contributed by atoms with Crippen LogP contribution in [-0.2, 0) is 15.0 Å². The highest BCUT2D eigenvalue weighted by Crippen LogP contribution is 2.38. The Balaban J connectivity index is 0.00000385. The van der Waals surface area contributed by atoms with Crippen LogP contribution in [0.5, 0.6) is 5.88 Å². The number of rotatable bonds is 8. The zero-order valence-corrected chi connectivity index (χ0v) is 18.6. The number of nitrogens with zero attached hydrogens (tertiary/aromatic N) is 3. The van der Waals surface area contributed by atoms with Crippen LogP contribution in [0.25, 0.3) is 0 Å². The van der Waals surface area contributed by atoms with E-state index in [1.807, 2.05) is 0 Å². The molecule has 3 N–H and O–H groups in total. The molecule has 180 valence electrons. The fourth-order valence-corrected chi connectivity index (χ4v) is 3.11. The summed E-state index contributed by atoms with van der Waals surface area (Å²) in [6.07, 6.45) is -1.82. The number of alkyl halides is 2. The highest BCUT2D eigenvalue weighted by Gasteiger charge is 2.46. The highest BCUT2D eigenvalue weighted by atomic mass is 35.5. The van der Waals surface area contributed by atoms with Crippen molar-refractivity contribution in [2.75, 3.05) is 38.9 Å². The molecule has 0 aliphatic carbocycles. The molecule has 3 rings (SSSR count). The number of hydrogen-bond acceptors (Lipinski definition) is 8. The predicted octanol–water partition coefficient (Wildman–Crippen LogP) is 2.47. The van der Waals surface area contributed by atoms with Crippen LogP contribution in [0.15, 0.2) is 29.4 Å². The number of anilines is 1. The third kappa shape index (κ3) is 5.89. The molecule has 13 heteroatoms. The molecule has 2 aromatic rings. The van der Waals surface area contributed by atoms with Crippen LogP contribution in [0, 0.1) is 12.7 Å². The second kappa shape index (κ2) is 11.3. The van der Waals surface area contributed by atoms with E-state index in [4.69, 9.17) is 19.9 Å². The van der Waals surface area contributed by atoms with Crippen molar-refractivity contribution < 1.29 is 32.2 Å². The number of nitrogens with two attached hydrogens (primary N) is 1. The summed E-state index contributed by atoms with van der Waals surface area (Å²) in [6.45, 7) is 1.49. The van der Waals surface area contributed by atoms with Crippen LogP contribution in [0.1, 0.15) is 21.7 Å². The van der Waals surface area contributed by atoms with Gasteiger partial charge < -0.3 is 25.3 Å². The number of hydrogen-bond donors (Lipinski definition) is 2. The van der Waals surface area contributed by atoms with Gasteiger partial charge >= 0.3 is 0 Å². The van der Waals surface area contributed by atoms with Crippen LogP contribution >= 0.6 is 12.4 Å². The number of benzene rings is 1. The minimum atomic E-state index is -3.10. The minimum absolute atomic E-state index is 0. The summed E-state index contributed by atoms with van der Waals surface area (Å²) in [4.78, 5) is 24.6. The Bertz CT molecular complexity index is 1030. The molecule has 1 aliphatic heterocycles. The van der Waals surface area contributed by atoms with Crippen LogP contribution in [0.4, 0.5) is 18.9 Å². The van der Waals surface area contributed by atoms with Gasteiger partial charge in [0.15, 0.2) is 5.54 Å². The van der Waals surface area contributed by atoms with E-state index in [2.05, 4.69) is 20.3 Å². The Morgan fingerprint density at radius 2 is 2.12 bits per heavy atom. The standard InChI is InChI=1S/C20H22F3N5O4.ClH/c1-11-17(25-8-16(26-11)32-6-5-30-2)18(29)27-12-3-4-14(21)13(7-12)20(19(22)23)10-31-9-15(24)28-20;/h3-4,7-8,19H,5-6,9-10H2,1-2H3,(H2,24,28)(H,27,29);1H/t20-;/m0./s1. The summed E-state index contributed by atoms with van der Waals surface area (Å²) in [5, 5.41) is 2.51. The molecule has 0 radical (unpaired) electrons. The lowest BCUT2D eigenvalue weighted by Crippen LogP contribution is -2.45. The van der Waals surface area contributed by atoms with Crippen LogP contribution in [-0.4, -0.2) is 61.7 Å². The maximum absolute atomic E-state index is 14.5. The SMILES string of the molecule is COCCOc1cnc(C(=O)Nc2ccc(F)c([C@]3(C(F)F)COCC(N)=N3)c2)c(C)n1.Cl. The van der Waals surface area contributed by atoms with Gasteiger partial charge in [0.1, 0.15) is 30.6 Å². The largest absolute Gasteiger partial charge is 0.474 e. The van der Waals surface area contributed by atoms with E-state index in [1.54, 1.807) is 6.92 Å². The first-order chi connectivity index (χ1) is 15.3. The average Bonchev–Trinajstić information content (AvgIpc) is 2.75. The van der Waals surface area contributed by atoms with Crippen molar-refractivity contribution in [2.24, 2.45) is 10.7 Å². The minimum Gasteiger partial charge on any atom is -0.474 e. The normalized spacial score (nSPS) is 17.8. The van der Waals surface area contributed by atoms with Crippen molar-refractivity contribution >= 4 is 29.8 Å². The third-order valence-corrected chi connectivity index (χ3v) is 4.64. The number of carbonyl (C=O) groups is 1. The van der Waals surface area contributed by atoms with Crippen molar-refractivity contribution in [3.8, 4) is 5.88 Å². The molecule has 1 aromatic heterocycles. The van der Waals surface area contributed by atoms with E-state index in [0.29, 0.717) is 6.61 Å². The van der Waals surface area contributed by atoms with Gasteiger partial charge in [-0.25, -0.2) is 23.1 Å². The number of nitrogens with one attached hydrogen (secondary N) is 1. The lowest BCUT2D eigenvalue weighted by atomic mass is 9.90. The number of aryl methyl sites for hydroxylation is 1. The molecular formula is C20H23ClF3N5O4. The molecule has 0 saturated heterocycles. The Kier molecular flexibility index (Phi) is 8.97.